The van der Waals surface area contributed by atoms with Gasteiger partial charge in [-0.3, -0.25) is 43.9 Å². The third-order valence-electron chi connectivity index (χ3n) is 16.3. The van der Waals surface area contributed by atoms with Gasteiger partial charge in [0.15, 0.2) is 11.2 Å². The van der Waals surface area contributed by atoms with Crippen molar-refractivity contribution >= 4 is 64.1 Å². The number of likely N-dealkylation sites (N-methyl/N-ethyl adjacent to an activating group) is 1. The number of imide groups is 2. The Morgan fingerprint density at radius 1 is 0.796 bits per heavy atom. The van der Waals surface area contributed by atoms with Crippen LogP contribution in [0.3, 0.4) is 0 Å². The van der Waals surface area contributed by atoms with Crippen LogP contribution in [0.4, 0.5) is 16.2 Å². The number of nitrogens with one attached hydrogen (secondary N) is 2. The van der Waals surface area contributed by atoms with E-state index >= 15 is 0 Å². The number of aliphatic hydroxyl groups is 1. The number of hydrogen-bond donors (Lipinski definition) is 5. The number of fused-ring (bicyclic) bond motifs is 3. The van der Waals surface area contributed by atoms with Gasteiger partial charge in [-0.25, -0.2) is 19.4 Å². The van der Waals surface area contributed by atoms with Crippen molar-refractivity contribution in [2.45, 2.75) is 114 Å². The molecule has 7 aromatic rings. The number of urea groups is 1. The van der Waals surface area contributed by atoms with Gasteiger partial charge < -0.3 is 39.3 Å². The van der Waals surface area contributed by atoms with Crippen LogP contribution in [0.5, 0.6) is 5.75 Å². The molecule has 4 aromatic carbocycles. The molecule has 2 fully saturated rings. The second kappa shape index (κ2) is 34.8. The Labute approximate surface area is 550 Å². The zero-order chi connectivity index (χ0) is 68.9. The van der Waals surface area contributed by atoms with Gasteiger partial charge in [0, 0.05) is 68.4 Å². The van der Waals surface area contributed by atoms with Crippen LogP contribution in [0.25, 0.3) is 11.2 Å². The van der Waals surface area contributed by atoms with Gasteiger partial charge in [0.2, 0.25) is 11.8 Å². The normalized spacial score (nSPS) is 16.7. The molecule has 0 bridgehead atoms. The molecule has 4 amide bonds. The molecule has 0 spiro atoms. The number of aromatic nitrogens is 5. The number of nitrogens with zero attached hydrogens (tertiary/aromatic N) is 8. The first-order chi connectivity index (χ1) is 44.0. The van der Waals surface area contributed by atoms with Gasteiger partial charge >= 0.3 is 23.7 Å². The zero-order valence-corrected chi connectivity index (χ0v) is 57.1. The lowest BCUT2D eigenvalue weighted by Crippen LogP contribution is -2.62. The van der Waals surface area contributed by atoms with E-state index < -0.39 is 46.7 Å². The molecule has 10 rings (SSSR count). The number of benzene rings is 4. The van der Waals surface area contributed by atoms with Crippen molar-refractivity contribution < 1.29 is 44.0 Å². The highest BCUT2D eigenvalue weighted by Crippen LogP contribution is 2.48. The van der Waals surface area contributed by atoms with Gasteiger partial charge in [0.25, 0.3) is 5.56 Å². The molecule has 5 heterocycles. The first kappa shape index (κ1) is 75.0. The van der Waals surface area contributed by atoms with E-state index in [1.165, 1.54) is 75.6 Å². The van der Waals surface area contributed by atoms with E-state index in [0.717, 1.165) is 60.2 Å². The maximum absolute atomic E-state index is 11.8. The first-order valence-electron chi connectivity index (χ1n) is 31.1. The van der Waals surface area contributed by atoms with Crippen molar-refractivity contribution in [1.82, 2.24) is 44.1 Å². The minimum absolute atomic E-state index is 0.171. The fraction of sp³-hybridized carbons (Fsp3) is 0.423. The summed E-state index contributed by atoms with van der Waals surface area (Å²) in [5.74, 6) is -1.28. The molecule has 1 aliphatic carbocycles. The number of imidazole rings is 1. The Morgan fingerprint density at radius 3 is 1.91 bits per heavy atom. The lowest BCUT2D eigenvalue weighted by atomic mass is 9.71. The van der Waals surface area contributed by atoms with E-state index in [0.29, 0.717) is 35.5 Å². The summed E-state index contributed by atoms with van der Waals surface area (Å²) in [7, 11) is 14.9. The number of aromatic carboxylic acids is 1. The minimum atomic E-state index is -1.19. The number of carbonyl (C=O) groups excluding carboxylic acids is 3. The van der Waals surface area contributed by atoms with Gasteiger partial charge in [-0.15, -0.1) is 6.58 Å². The Balaban J connectivity index is 0.000000205. The van der Waals surface area contributed by atoms with E-state index in [-0.39, 0.29) is 29.2 Å². The summed E-state index contributed by atoms with van der Waals surface area (Å²) >= 11 is 1.87. The van der Waals surface area contributed by atoms with Crippen LogP contribution in [0.1, 0.15) is 113 Å². The standard InChI is InChI=1S/C17H20N2S.C16H25NO2.C13H18O2.C11H16N2O3.C8H10N4O2.C6H5NO2/c1-13(18(2)3)12-19-14-8-4-6-10-16(14)20-17-11-7-5-9-15(17)19;1-17(2)12-14-7-4-5-10-16(14,18)13-8-6-9-15(11-13)19-3;1-9(2)8-11-4-6-12(7-5-11)10(3)13(14)15;1-4-5-11(6-7(2)3)8(14)12-10(16)13-9(11)15;1-10-4-9-6-5(10)7(13)12(3)8(14)11(6)2;8-6(9)5-2-1-3-7-4-5/h4-11,13H,12H2,1-3H3;6,8-9,11,14,18H,4-5,7,10,12H2,1-3H3;4-7,9-10H,8H2,1-3H3,(H,14,15);4,7H,1,5-6H2,2-3H3,(H2,12,13,14,15,16);4H,1-3H3;1-4H,(H,8,9)/t;14-,16+;;;;/m.1..../s1. The number of aryl methyl sites for hydroxylation is 2. The number of pyridine rings is 1. The molecule has 5 N–H and O–H groups in total. The summed E-state index contributed by atoms with van der Waals surface area (Å²) in [6.07, 6.45) is 11.8. The molecule has 2 aliphatic heterocycles. The summed E-state index contributed by atoms with van der Waals surface area (Å²) < 4.78 is 9.33. The number of ether oxygens (including phenoxy) is 1. The highest BCUT2D eigenvalue weighted by molar-refractivity contribution is 7.99. The second-order valence-electron chi connectivity index (χ2n) is 24.9. The van der Waals surface area contributed by atoms with Crippen LogP contribution in [0, 0.1) is 23.2 Å². The van der Waals surface area contributed by atoms with E-state index in [1.807, 2.05) is 74.1 Å². The topological polar surface area (TPSA) is 264 Å². The van der Waals surface area contributed by atoms with E-state index in [1.54, 1.807) is 38.8 Å². The van der Waals surface area contributed by atoms with Crippen molar-refractivity contribution in [3.8, 4) is 5.75 Å². The molecule has 500 valence electrons. The van der Waals surface area contributed by atoms with Crippen LogP contribution in [0.2, 0.25) is 0 Å². The highest BCUT2D eigenvalue weighted by atomic mass is 32.2. The first-order valence-corrected chi connectivity index (χ1v) is 31.9. The molecule has 3 aliphatic rings. The number of anilines is 2. The van der Waals surface area contributed by atoms with Crippen LogP contribution in [-0.2, 0) is 47.5 Å². The fourth-order valence-electron chi connectivity index (χ4n) is 11.1. The Kier molecular flexibility index (Phi) is 28.1. The number of hydrogen-bond acceptors (Lipinski definition) is 15. The molecular formula is C71H94N10O11S. The van der Waals surface area contributed by atoms with Crippen LogP contribution in [0.15, 0.2) is 160 Å². The summed E-state index contributed by atoms with van der Waals surface area (Å²) in [6, 6.07) is 36.0. The van der Waals surface area contributed by atoms with Crippen LogP contribution < -0.4 is 31.5 Å². The minimum Gasteiger partial charge on any atom is -0.497 e. The van der Waals surface area contributed by atoms with Crippen molar-refractivity contribution in [2.75, 3.05) is 53.3 Å². The lowest BCUT2D eigenvalue weighted by Gasteiger charge is -2.41. The molecular weight excluding hydrogens is 1200 g/mol. The Hall–Kier alpha value is -8.70. The van der Waals surface area contributed by atoms with Crippen molar-refractivity contribution in [3.63, 3.8) is 0 Å². The van der Waals surface area contributed by atoms with Gasteiger partial charge in [-0.1, -0.05) is 119 Å². The molecule has 1 saturated carbocycles. The van der Waals surface area contributed by atoms with E-state index in [2.05, 4.69) is 139 Å². The number of carboxylic acids is 2. The molecule has 3 aromatic heterocycles. The smallest absolute Gasteiger partial charge is 0.337 e. The number of para-hydroxylation sites is 2. The summed E-state index contributed by atoms with van der Waals surface area (Å²) in [5, 5.41) is 32.7. The molecule has 2 unspecified atom stereocenters. The van der Waals surface area contributed by atoms with Gasteiger partial charge in [-0.2, -0.15) is 0 Å². The number of methoxy groups -OCH3 is 1. The number of rotatable bonds is 16. The summed E-state index contributed by atoms with van der Waals surface area (Å²) in [5.41, 5.74) is 4.28. The number of amides is 4. The zero-order valence-electron chi connectivity index (χ0n) is 56.3. The number of carboxylic acid groups (broad SMARTS) is 2. The predicted molar refractivity (Wildman–Crippen MR) is 366 cm³/mol. The summed E-state index contributed by atoms with van der Waals surface area (Å²) in [4.78, 5) is 95.9. The number of carbonyl (C=O) groups is 5. The average molecular weight is 1300 g/mol. The quantitative estimate of drug-likeness (QED) is 0.0445. The predicted octanol–water partition coefficient (Wildman–Crippen LogP) is 10.7. The molecule has 93 heavy (non-hydrogen) atoms. The maximum atomic E-state index is 11.8. The van der Waals surface area contributed by atoms with Crippen molar-refractivity contribution in [3.05, 3.63) is 184 Å². The Morgan fingerprint density at radius 2 is 1.41 bits per heavy atom. The largest absolute Gasteiger partial charge is 0.497 e. The van der Waals surface area contributed by atoms with Gasteiger partial charge in [0.05, 0.1) is 41.9 Å². The number of aliphatic carboxylic acids is 1. The highest BCUT2D eigenvalue weighted by Gasteiger charge is 2.49. The second-order valence-corrected chi connectivity index (χ2v) is 26.0. The monoisotopic (exact) mass is 1290 g/mol. The molecule has 4 atom stereocenters. The SMILES string of the molecule is C=CCC1(CC(C)C)C(=O)NC(=O)NC1=O.CC(C)Cc1ccc(C(C)C(=O)O)cc1.CC(CN1c2ccccc2Sc2ccccc21)N(C)C.COc1cccc([C@@]2(O)CCCC[C@@H]2CN(C)C)c1.Cn1c(=O)c2c(ncn2C)n(C)c1=O.O=C(O)c1cccnc1. The van der Waals surface area contributed by atoms with E-state index in [4.69, 9.17) is 14.9 Å². The van der Waals surface area contributed by atoms with E-state index in [9.17, 15) is 38.7 Å². The third-order valence-corrected chi connectivity index (χ3v) is 17.5. The molecule has 0 radical (unpaired) electrons. The maximum Gasteiger partial charge on any atom is 0.337 e. The van der Waals surface area contributed by atoms with Crippen LogP contribution >= 0.6 is 11.8 Å². The summed E-state index contributed by atoms with van der Waals surface area (Å²) in [6.45, 7) is 17.6. The fourth-order valence-corrected chi connectivity index (χ4v) is 12.2. The molecule has 21 nitrogen and oxygen atoms in total. The van der Waals surface area contributed by atoms with Crippen LogP contribution in [-0.4, -0.2) is 133 Å². The molecule has 1 saturated heterocycles. The van der Waals surface area contributed by atoms with Crippen molar-refractivity contribution in [1.29, 1.82) is 0 Å². The third kappa shape index (κ3) is 20.2. The lowest BCUT2D eigenvalue weighted by molar-refractivity contribution is -0.145. The number of allylic oxidation sites excluding steroid dienone is 1. The molecule has 22 heteroatoms. The Bertz CT molecular complexity index is 3700. The van der Waals surface area contributed by atoms with Gasteiger partial charge in [0.1, 0.15) is 11.2 Å². The number of barbiturate groups is 1. The average Bonchev–Trinajstić information content (AvgIpc) is 1.64. The van der Waals surface area contributed by atoms with Gasteiger partial charge in [-0.05, 0) is 151 Å². The van der Waals surface area contributed by atoms with Crippen molar-refractivity contribution in [2.24, 2.45) is 44.3 Å².